The fraction of sp³-hybridized carbons (Fsp3) is 0.263. The Balaban J connectivity index is 2.06. The van der Waals surface area contributed by atoms with Crippen molar-refractivity contribution >= 4 is 5.91 Å². The van der Waals surface area contributed by atoms with Crippen LogP contribution in [0, 0.1) is 11.3 Å². The van der Waals surface area contributed by atoms with Crippen molar-refractivity contribution in [1.29, 1.82) is 5.26 Å². The van der Waals surface area contributed by atoms with Gasteiger partial charge in [-0.1, -0.05) is 12.3 Å². The zero-order valence-corrected chi connectivity index (χ0v) is 14.9. The summed E-state index contributed by atoms with van der Waals surface area (Å²) >= 11 is 0. The molecule has 2 N–H and O–H groups in total. The van der Waals surface area contributed by atoms with Gasteiger partial charge in [-0.3, -0.25) is 14.4 Å². The molecule has 1 aliphatic heterocycles. The van der Waals surface area contributed by atoms with E-state index in [-0.39, 0.29) is 18.1 Å². The van der Waals surface area contributed by atoms with E-state index < -0.39 is 5.54 Å². The first-order chi connectivity index (χ1) is 12.3. The molecule has 1 aromatic carbocycles. The summed E-state index contributed by atoms with van der Waals surface area (Å²) in [6.45, 7) is 5.55. The molecule has 1 saturated heterocycles. The van der Waals surface area contributed by atoms with E-state index in [1.807, 2.05) is 19.1 Å². The Morgan fingerprint density at radius 1 is 1.35 bits per heavy atom. The fourth-order valence-electron chi connectivity index (χ4n) is 3.20. The number of hydrogen-bond acceptors (Lipinski definition) is 5. The molecule has 3 rings (SSSR count). The molecule has 132 valence electrons. The number of phenolic OH excluding ortho intramolecular Hbond substituents is 1. The smallest absolute Gasteiger partial charge is 0.231 e. The number of amides is 1. The number of benzene rings is 1. The minimum absolute atomic E-state index is 0.00179. The lowest BCUT2D eigenvalue weighted by Gasteiger charge is -2.39. The van der Waals surface area contributed by atoms with Crippen LogP contribution in [-0.4, -0.2) is 32.7 Å². The van der Waals surface area contributed by atoms with Crippen LogP contribution in [-0.2, 0) is 17.4 Å². The van der Waals surface area contributed by atoms with E-state index in [2.05, 4.69) is 22.7 Å². The largest absolute Gasteiger partial charge is 0.508 e. The van der Waals surface area contributed by atoms with Gasteiger partial charge in [-0.15, -0.1) is 0 Å². The highest BCUT2D eigenvalue weighted by Gasteiger charge is 2.39. The first-order valence-corrected chi connectivity index (χ1v) is 8.01. The van der Waals surface area contributed by atoms with Crippen LogP contribution in [0.1, 0.15) is 24.6 Å². The van der Waals surface area contributed by atoms with Crippen LogP contribution >= 0.6 is 0 Å². The second-order valence-electron chi connectivity index (χ2n) is 6.53. The maximum absolute atomic E-state index is 12.4. The second-order valence-corrected chi connectivity index (χ2v) is 6.53. The maximum atomic E-state index is 12.4. The van der Waals surface area contributed by atoms with Crippen LogP contribution in [0.5, 0.6) is 5.75 Å². The Labute approximate surface area is 151 Å². The lowest BCUT2D eigenvalue weighted by Crippen LogP contribution is -2.53. The average Bonchev–Trinajstić information content (AvgIpc) is 3.00. The Morgan fingerprint density at radius 3 is 2.73 bits per heavy atom. The third-order valence-electron chi connectivity index (χ3n) is 4.56. The van der Waals surface area contributed by atoms with Crippen molar-refractivity contribution in [3.63, 3.8) is 0 Å². The van der Waals surface area contributed by atoms with Gasteiger partial charge in [0.05, 0.1) is 35.0 Å². The van der Waals surface area contributed by atoms with Gasteiger partial charge < -0.3 is 10.4 Å². The van der Waals surface area contributed by atoms with Crippen molar-refractivity contribution in [2.24, 2.45) is 7.05 Å². The number of rotatable bonds is 2. The number of aryl methyl sites for hydroxylation is 1. The molecule has 1 aliphatic rings. The molecule has 2 heterocycles. The standard InChI is InChI=1S/C19H19N5O2/c1-5-17-21-19(2,10-18(26)23(17)3)16-9-15(22-24(16)4)13-6-12(11-20)7-14(25)8-13/h6-9,21,25H,1,10H2,2-4H3/t19-/m0/s1. The Hall–Kier alpha value is -3.49. The normalized spacial score (nSPS) is 19.7. The monoisotopic (exact) mass is 349 g/mol. The molecule has 0 saturated carbocycles. The van der Waals surface area contributed by atoms with Crippen LogP contribution in [0.2, 0.25) is 0 Å². The number of hydrogen-bond donors (Lipinski definition) is 2. The zero-order chi connectivity index (χ0) is 19.1. The van der Waals surface area contributed by atoms with Crippen molar-refractivity contribution in [3.8, 4) is 23.1 Å². The van der Waals surface area contributed by atoms with E-state index in [4.69, 9.17) is 5.26 Å². The van der Waals surface area contributed by atoms with E-state index >= 15 is 0 Å². The van der Waals surface area contributed by atoms with E-state index in [0.29, 0.717) is 22.6 Å². The molecule has 7 nitrogen and oxygen atoms in total. The predicted octanol–water partition coefficient (Wildman–Crippen LogP) is 1.96. The summed E-state index contributed by atoms with van der Waals surface area (Å²) in [6.07, 6.45) is 0.247. The summed E-state index contributed by atoms with van der Waals surface area (Å²) in [5, 5.41) is 26.7. The van der Waals surface area contributed by atoms with E-state index in [0.717, 1.165) is 5.69 Å². The number of phenols is 1. The van der Waals surface area contributed by atoms with E-state index in [9.17, 15) is 9.90 Å². The fourth-order valence-corrected chi connectivity index (χ4v) is 3.20. The summed E-state index contributed by atoms with van der Waals surface area (Å²) in [5.74, 6) is 0.460. The molecule has 7 heteroatoms. The van der Waals surface area contributed by atoms with Gasteiger partial charge in [0.1, 0.15) is 5.75 Å². The first kappa shape index (κ1) is 17.3. The highest BCUT2D eigenvalue weighted by molar-refractivity contribution is 5.80. The van der Waals surface area contributed by atoms with Crippen LogP contribution < -0.4 is 5.32 Å². The topological polar surface area (TPSA) is 94.2 Å². The highest BCUT2D eigenvalue weighted by atomic mass is 16.3. The molecule has 2 aromatic rings. The zero-order valence-electron chi connectivity index (χ0n) is 14.9. The number of aromatic nitrogens is 2. The molecule has 0 bridgehead atoms. The van der Waals surface area contributed by atoms with Crippen LogP contribution in [0.3, 0.4) is 0 Å². The molecule has 0 aliphatic carbocycles. The molecular weight excluding hydrogens is 330 g/mol. The Kier molecular flexibility index (Phi) is 4.07. The number of carbonyl (C=O) groups excluding carboxylic acids is 1. The van der Waals surface area contributed by atoms with Gasteiger partial charge in [-0.25, -0.2) is 0 Å². The summed E-state index contributed by atoms with van der Waals surface area (Å²) < 4.78 is 1.69. The van der Waals surface area contributed by atoms with Gasteiger partial charge >= 0.3 is 0 Å². The predicted molar refractivity (Wildman–Crippen MR) is 95.6 cm³/mol. The van der Waals surface area contributed by atoms with Gasteiger partial charge in [0.25, 0.3) is 0 Å². The third kappa shape index (κ3) is 2.83. The molecule has 1 fully saturated rings. The Morgan fingerprint density at radius 2 is 2.08 bits per heavy atom. The SMILES string of the molecule is C=C=C1N[C@](C)(c2cc(-c3cc(O)cc(C#N)c3)nn2C)CC(=O)N1C. The van der Waals surface area contributed by atoms with Crippen molar-refractivity contribution < 1.29 is 9.90 Å². The van der Waals surface area contributed by atoms with Gasteiger partial charge in [0, 0.05) is 19.7 Å². The molecule has 1 atom stereocenters. The van der Waals surface area contributed by atoms with Crippen LogP contribution in [0.15, 0.2) is 42.4 Å². The van der Waals surface area contributed by atoms with Crippen molar-refractivity contribution in [3.05, 3.63) is 53.7 Å². The molecule has 26 heavy (non-hydrogen) atoms. The Bertz CT molecular complexity index is 994. The van der Waals surface area contributed by atoms with Gasteiger partial charge in [-0.2, -0.15) is 10.4 Å². The first-order valence-electron chi connectivity index (χ1n) is 8.01. The maximum Gasteiger partial charge on any atom is 0.231 e. The summed E-state index contributed by atoms with van der Waals surface area (Å²) in [7, 11) is 3.47. The van der Waals surface area contributed by atoms with Crippen molar-refractivity contribution in [1.82, 2.24) is 20.0 Å². The van der Waals surface area contributed by atoms with Gasteiger partial charge in [0.2, 0.25) is 5.91 Å². The summed E-state index contributed by atoms with van der Waals surface area (Å²) in [5.41, 5.74) is 4.45. The van der Waals surface area contributed by atoms with Gasteiger partial charge in [0.15, 0.2) is 5.82 Å². The number of nitrogens with one attached hydrogen (secondary N) is 1. The number of aromatic hydroxyl groups is 1. The number of nitrogens with zero attached hydrogens (tertiary/aromatic N) is 4. The van der Waals surface area contributed by atoms with Crippen molar-refractivity contribution in [2.45, 2.75) is 18.9 Å². The third-order valence-corrected chi connectivity index (χ3v) is 4.56. The molecule has 0 spiro atoms. The second kappa shape index (κ2) is 6.10. The average molecular weight is 349 g/mol. The lowest BCUT2D eigenvalue weighted by molar-refractivity contribution is -0.132. The molecule has 1 amide bonds. The minimum atomic E-state index is -0.682. The van der Waals surface area contributed by atoms with Gasteiger partial charge in [-0.05, 0) is 31.2 Å². The molecule has 1 aromatic heterocycles. The quantitative estimate of drug-likeness (QED) is 0.808. The number of nitriles is 1. The summed E-state index contributed by atoms with van der Waals surface area (Å²) in [4.78, 5) is 13.9. The molecular formula is C19H19N5O2. The number of carbonyl (C=O) groups is 1. The molecule has 0 radical (unpaired) electrons. The van der Waals surface area contributed by atoms with Crippen LogP contribution in [0.25, 0.3) is 11.3 Å². The minimum Gasteiger partial charge on any atom is -0.508 e. The molecule has 0 unspecified atom stereocenters. The lowest BCUT2D eigenvalue weighted by atomic mass is 9.90. The van der Waals surface area contributed by atoms with Crippen LogP contribution in [0.4, 0.5) is 0 Å². The van der Waals surface area contributed by atoms with Crippen molar-refractivity contribution in [2.75, 3.05) is 7.05 Å². The summed E-state index contributed by atoms with van der Waals surface area (Å²) in [6, 6.07) is 8.48. The van der Waals surface area contributed by atoms with E-state index in [1.54, 1.807) is 30.9 Å². The highest BCUT2D eigenvalue weighted by Crippen LogP contribution is 2.34. The van der Waals surface area contributed by atoms with E-state index in [1.165, 1.54) is 11.0 Å².